The first-order valence-corrected chi connectivity index (χ1v) is 14.6. The Labute approximate surface area is 207 Å². The van der Waals surface area contributed by atoms with Gasteiger partial charge in [0.2, 0.25) is 0 Å². The molecule has 194 valence electrons. The molecule has 2 aliphatic heterocycles. The number of hydrogen-bond donors (Lipinski definition) is 2. The van der Waals surface area contributed by atoms with E-state index in [9.17, 15) is 10.2 Å². The highest BCUT2D eigenvalue weighted by Crippen LogP contribution is 2.48. The molecule has 4 fully saturated rings. The largest absolute Gasteiger partial charge is 0.393 e. The summed E-state index contributed by atoms with van der Waals surface area (Å²) in [5, 5.41) is 20.5. The molecule has 2 N–H and O–H groups in total. The predicted octanol–water partition coefficient (Wildman–Crippen LogP) is 4.84. The first-order chi connectivity index (χ1) is 16.6. The molecule has 5 heteroatoms. The van der Waals surface area contributed by atoms with Gasteiger partial charge in [0, 0.05) is 18.9 Å². The minimum atomic E-state index is -0.204. The lowest BCUT2D eigenvalue weighted by Gasteiger charge is -2.48. The van der Waals surface area contributed by atoms with Gasteiger partial charge in [0.1, 0.15) is 0 Å². The monoisotopic (exact) mass is 475 g/mol. The second kappa shape index (κ2) is 11.7. The van der Waals surface area contributed by atoms with Crippen LogP contribution in [0, 0.1) is 17.8 Å². The van der Waals surface area contributed by atoms with E-state index in [1.165, 1.54) is 45.2 Å². The molecular weight excluding hydrogens is 426 g/mol. The number of ether oxygens (including phenoxy) is 2. The molecule has 4 atom stereocenters. The van der Waals surface area contributed by atoms with Crippen molar-refractivity contribution in [2.24, 2.45) is 17.8 Å². The van der Waals surface area contributed by atoms with E-state index in [2.05, 4.69) is 11.8 Å². The standard InChI is InChI=1S/C29H49NO4/c1-20-26-14-11-24(32)19-27(26)34-29(28(20)21-5-9-23(31)10-6-21)22-7-12-25(13-8-22)33-18-17-30-15-3-2-4-16-30/h21-27,29,31-32H,2-19H2,1H3/t21?,22?,23?,24?,25?,26?,27?,29-/m1/s1. The Balaban J connectivity index is 1.20. The summed E-state index contributed by atoms with van der Waals surface area (Å²) in [4.78, 5) is 2.57. The Morgan fingerprint density at radius 2 is 1.56 bits per heavy atom. The molecule has 3 aliphatic carbocycles. The predicted molar refractivity (Wildman–Crippen MR) is 135 cm³/mol. The van der Waals surface area contributed by atoms with Crippen molar-refractivity contribution in [1.82, 2.24) is 4.90 Å². The molecule has 34 heavy (non-hydrogen) atoms. The zero-order valence-electron chi connectivity index (χ0n) is 21.5. The number of piperidine rings is 1. The van der Waals surface area contributed by atoms with Crippen molar-refractivity contribution < 1.29 is 19.7 Å². The molecule has 0 amide bonds. The second-order valence-electron chi connectivity index (χ2n) is 12.1. The minimum absolute atomic E-state index is 0.116. The quantitative estimate of drug-likeness (QED) is 0.538. The van der Waals surface area contributed by atoms with E-state index in [0.717, 1.165) is 70.9 Å². The fourth-order valence-electron chi connectivity index (χ4n) is 7.85. The van der Waals surface area contributed by atoms with Crippen LogP contribution in [0.4, 0.5) is 0 Å². The highest BCUT2D eigenvalue weighted by Gasteiger charge is 2.45. The number of hydrogen-bond acceptors (Lipinski definition) is 5. The zero-order valence-corrected chi connectivity index (χ0v) is 21.5. The SMILES string of the molecule is CC1=C(C2CCC(O)CC2)[C@@H](C2CCC(OCCN3CCCCC3)CC2)OC2CC(O)CCC12. The van der Waals surface area contributed by atoms with Crippen LogP contribution in [-0.2, 0) is 9.47 Å². The van der Waals surface area contributed by atoms with Gasteiger partial charge < -0.3 is 24.6 Å². The van der Waals surface area contributed by atoms with Gasteiger partial charge in [-0.2, -0.15) is 0 Å². The summed E-state index contributed by atoms with van der Waals surface area (Å²) in [6, 6.07) is 0. The normalized spacial score (nSPS) is 42.4. The first-order valence-electron chi connectivity index (χ1n) is 14.6. The van der Waals surface area contributed by atoms with Gasteiger partial charge in [-0.3, -0.25) is 0 Å². The van der Waals surface area contributed by atoms with Gasteiger partial charge >= 0.3 is 0 Å². The van der Waals surface area contributed by atoms with E-state index < -0.39 is 0 Å². The molecule has 5 aliphatic rings. The summed E-state index contributed by atoms with van der Waals surface area (Å²) in [5.74, 6) is 1.62. The van der Waals surface area contributed by atoms with Gasteiger partial charge in [0.15, 0.2) is 0 Å². The van der Waals surface area contributed by atoms with Gasteiger partial charge in [-0.1, -0.05) is 12.0 Å². The summed E-state index contributed by atoms with van der Waals surface area (Å²) in [6.07, 6.45) is 16.1. The van der Waals surface area contributed by atoms with E-state index in [4.69, 9.17) is 9.47 Å². The number of aliphatic hydroxyl groups is 2. The van der Waals surface area contributed by atoms with Gasteiger partial charge in [0.05, 0.1) is 37.1 Å². The maximum absolute atomic E-state index is 10.3. The summed E-state index contributed by atoms with van der Waals surface area (Å²) in [6.45, 7) is 6.85. The van der Waals surface area contributed by atoms with Crippen molar-refractivity contribution >= 4 is 0 Å². The van der Waals surface area contributed by atoms with Gasteiger partial charge in [-0.25, -0.2) is 0 Å². The van der Waals surface area contributed by atoms with Gasteiger partial charge in [-0.15, -0.1) is 0 Å². The van der Waals surface area contributed by atoms with Crippen LogP contribution in [0.1, 0.15) is 96.8 Å². The highest BCUT2D eigenvalue weighted by atomic mass is 16.5. The second-order valence-corrected chi connectivity index (χ2v) is 12.1. The number of aliphatic hydroxyl groups excluding tert-OH is 2. The third-order valence-electron chi connectivity index (χ3n) is 9.90. The van der Waals surface area contributed by atoms with Crippen molar-refractivity contribution in [3.8, 4) is 0 Å². The molecule has 2 heterocycles. The van der Waals surface area contributed by atoms with E-state index in [1.807, 2.05) is 0 Å². The molecule has 1 saturated heterocycles. The number of nitrogens with zero attached hydrogens (tertiary/aromatic N) is 1. The van der Waals surface area contributed by atoms with Crippen molar-refractivity contribution in [1.29, 1.82) is 0 Å². The van der Waals surface area contributed by atoms with Gasteiger partial charge in [0.25, 0.3) is 0 Å². The molecule has 0 bridgehead atoms. The van der Waals surface area contributed by atoms with Crippen molar-refractivity contribution in [2.45, 2.75) is 127 Å². The first kappa shape index (κ1) is 25.2. The maximum atomic E-state index is 10.3. The summed E-state index contributed by atoms with van der Waals surface area (Å²) >= 11 is 0. The van der Waals surface area contributed by atoms with Crippen molar-refractivity contribution in [2.75, 3.05) is 26.2 Å². The summed E-state index contributed by atoms with van der Waals surface area (Å²) < 4.78 is 13.3. The molecule has 0 aromatic rings. The average molecular weight is 476 g/mol. The van der Waals surface area contributed by atoms with Crippen LogP contribution in [0.5, 0.6) is 0 Å². The zero-order chi connectivity index (χ0) is 23.5. The Bertz CT molecular complexity index is 674. The third-order valence-corrected chi connectivity index (χ3v) is 9.90. The average Bonchev–Trinajstić information content (AvgIpc) is 2.86. The summed E-state index contributed by atoms with van der Waals surface area (Å²) in [5.41, 5.74) is 3.17. The molecule has 3 unspecified atom stereocenters. The molecule has 0 radical (unpaired) electrons. The molecule has 0 spiro atoms. The highest BCUT2D eigenvalue weighted by molar-refractivity contribution is 5.28. The number of rotatable bonds is 6. The third kappa shape index (κ3) is 5.91. The van der Waals surface area contributed by atoms with Crippen LogP contribution in [0.2, 0.25) is 0 Å². The van der Waals surface area contributed by atoms with Crippen LogP contribution < -0.4 is 0 Å². The van der Waals surface area contributed by atoms with E-state index in [0.29, 0.717) is 23.9 Å². The lowest BCUT2D eigenvalue weighted by molar-refractivity contribution is -0.110. The number of likely N-dealkylation sites (tertiary alicyclic amines) is 1. The molecule has 0 aromatic heterocycles. The van der Waals surface area contributed by atoms with Crippen LogP contribution >= 0.6 is 0 Å². The van der Waals surface area contributed by atoms with Crippen LogP contribution in [-0.4, -0.2) is 71.9 Å². The Hall–Kier alpha value is -0.460. The molecule has 0 aromatic carbocycles. The van der Waals surface area contributed by atoms with Crippen LogP contribution in [0.3, 0.4) is 0 Å². The Morgan fingerprint density at radius 1 is 0.853 bits per heavy atom. The molecule has 5 nitrogen and oxygen atoms in total. The minimum Gasteiger partial charge on any atom is -0.393 e. The molecular formula is C29H49NO4. The van der Waals surface area contributed by atoms with Crippen molar-refractivity contribution in [3.05, 3.63) is 11.1 Å². The van der Waals surface area contributed by atoms with Crippen molar-refractivity contribution in [3.63, 3.8) is 0 Å². The Morgan fingerprint density at radius 3 is 2.29 bits per heavy atom. The van der Waals surface area contributed by atoms with Crippen LogP contribution in [0.15, 0.2) is 11.1 Å². The fraction of sp³-hybridized carbons (Fsp3) is 0.931. The van der Waals surface area contributed by atoms with E-state index >= 15 is 0 Å². The lowest BCUT2D eigenvalue weighted by Crippen LogP contribution is -2.47. The Kier molecular flexibility index (Phi) is 8.69. The van der Waals surface area contributed by atoms with Gasteiger partial charge in [-0.05, 0) is 114 Å². The number of fused-ring (bicyclic) bond motifs is 1. The fourth-order valence-corrected chi connectivity index (χ4v) is 7.85. The summed E-state index contributed by atoms with van der Waals surface area (Å²) in [7, 11) is 0. The smallest absolute Gasteiger partial charge is 0.0822 e. The lowest BCUT2D eigenvalue weighted by atomic mass is 9.67. The van der Waals surface area contributed by atoms with E-state index in [1.54, 1.807) is 11.1 Å². The van der Waals surface area contributed by atoms with E-state index in [-0.39, 0.29) is 24.4 Å². The maximum Gasteiger partial charge on any atom is 0.0822 e. The molecule has 5 rings (SSSR count). The molecule has 3 saturated carbocycles. The topological polar surface area (TPSA) is 62.2 Å². The van der Waals surface area contributed by atoms with Crippen LogP contribution in [0.25, 0.3) is 0 Å².